The monoisotopic (exact) mass is 343 g/mol. The number of morpholine rings is 1. The molecule has 0 saturated carbocycles. The number of ether oxygens (including phenoxy) is 1. The van der Waals surface area contributed by atoms with Gasteiger partial charge in [0.25, 0.3) is 5.91 Å². The Kier molecular flexibility index (Phi) is 4.83. The SMILES string of the molecule is CC(=O)c1cc(C(=O)N2CC(C)OC(c3ccsc3)C2)ccc1C. The molecule has 1 amide bonds. The zero-order valence-corrected chi connectivity index (χ0v) is 14.9. The lowest BCUT2D eigenvalue weighted by atomic mass is 10.0. The second-order valence-electron chi connectivity index (χ2n) is 6.29. The number of thiophene rings is 1. The van der Waals surface area contributed by atoms with Gasteiger partial charge >= 0.3 is 0 Å². The Bertz CT molecular complexity index is 754. The van der Waals surface area contributed by atoms with E-state index in [1.807, 2.05) is 36.3 Å². The van der Waals surface area contributed by atoms with Crippen LogP contribution in [0, 0.1) is 6.92 Å². The summed E-state index contributed by atoms with van der Waals surface area (Å²) < 4.78 is 5.99. The van der Waals surface area contributed by atoms with Gasteiger partial charge in [-0.2, -0.15) is 11.3 Å². The van der Waals surface area contributed by atoms with Gasteiger partial charge in [-0.25, -0.2) is 0 Å². The number of carbonyl (C=O) groups is 2. The standard InChI is InChI=1S/C19H21NO3S/c1-12-4-5-15(8-17(12)14(3)21)19(22)20-9-13(2)23-18(10-20)16-6-7-24-11-16/h4-8,11,13,18H,9-10H2,1-3H3. The van der Waals surface area contributed by atoms with Crippen LogP contribution in [-0.4, -0.2) is 35.8 Å². The zero-order valence-electron chi connectivity index (χ0n) is 14.1. The molecule has 1 aromatic carbocycles. The third kappa shape index (κ3) is 3.42. The molecule has 0 bridgehead atoms. The van der Waals surface area contributed by atoms with Crippen LogP contribution in [0.15, 0.2) is 35.0 Å². The van der Waals surface area contributed by atoms with Gasteiger partial charge in [-0.05, 0) is 60.9 Å². The Balaban J connectivity index is 1.84. The number of ketones is 1. The lowest BCUT2D eigenvalue weighted by molar-refractivity contribution is -0.0690. The predicted molar refractivity (Wildman–Crippen MR) is 94.7 cm³/mol. The average molecular weight is 343 g/mol. The molecular formula is C19H21NO3S. The van der Waals surface area contributed by atoms with Crippen LogP contribution in [0.2, 0.25) is 0 Å². The van der Waals surface area contributed by atoms with E-state index in [2.05, 4.69) is 5.38 Å². The van der Waals surface area contributed by atoms with Crippen LogP contribution in [0.25, 0.3) is 0 Å². The number of nitrogens with zero attached hydrogens (tertiary/aromatic N) is 1. The minimum absolute atomic E-state index is 0.0198. The fourth-order valence-electron chi connectivity index (χ4n) is 3.08. The maximum atomic E-state index is 12.9. The molecule has 5 heteroatoms. The van der Waals surface area contributed by atoms with Crippen molar-refractivity contribution in [1.82, 2.24) is 4.90 Å². The summed E-state index contributed by atoms with van der Waals surface area (Å²) in [7, 11) is 0. The first-order valence-corrected chi connectivity index (χ1v) is 8.98. The summed E-state index contributed by atoms with van der Waals surface area (Å²) in [5, 5.41) is 4.08. The minimum Gasteiger partial charge on any atom is -0.367 e. The topological polar surface area (TPSA) is 46.6 Å². The van der Waals surface area contributed by atoms with Crippen LogP contribution in [0.5, 0.6) is 0 Å². The van der Waals surface area contributed by atoms with Crippen molar-refractivity contribution in [2.75, 3.05) is 13.1 Å². The normalized spacial score (nSPS) is 20.9. The third-order valence-electron chi connectivity index (χ3n) is 4.33. The Morgan fingerprint density at radius 3 is 2.71 bits per heavy atom. The Labute approximate surface area is 146 Å². The molecule has 4 nitrogen and oxygen atoms in total. The van der Waals surface area contributed by atoms with E-state index in [-0.39, 0.29) is 23.9 Å². The van der Waals surface area contributed by atoms with Gasteiger partial charge in [0.15, 0.2) is 5.78 Å². The van der Waals surface area contributed by atoms with Crippen LogP contribution in [0.4, 0.5) is 0 Å². The van der Waals surface area contributed by atoms with Crippen molar-refractivity contribution in [1.29, 1.82) is 0 Å². The molecule has 2 heterocycles. The largest absolute Gasteiger partial charge is 0.367 e. The molecular weight excluding hydrogens is 322 g/mol. The maximum absolute atomic E-state index is 12.9. The highest BCUT2D eigenvalue weighted by Gasteiger charge is 2.30. The highest BCUT2D eigenvalue weighted by Crippen LogP contribution is 2.28. The van der Waals surface area contributed by atoms with E-state index in [1.165, 1.54) is 6.92 Å². The first-order valence-electron chi connectivity index (χ1n) is 8.04. The molecule has 0 N–H and O–H groups in total. The summed E-state index contributed by atoms with van der Waals surface area (Å²) in [6, 6.07) is 7.38. The Hall–Kier alpha value is -1.98. The number of Topliss-reactive ketones (excluding diaryl/α,β-unsaturated/α-hetero) is 1. The van der Waals surface area contributed by atoms with Gasteiger partial charge in [0.05, 0.1) is 12.6 Å². The third-order valence-corrected chi connectivity index (χ3v) is 5.03. The molecule has 1 aromatic heterocycles. The summed E-state index contributed by atoms with van der Waals surface area (Å²) in [6.45, 7) is 6.48. The molecule has 2 atom stereocenters. The number of rotatable bonds is 3. The summed E-state index contributed by atoms with van der Waals surface area (Å²) in [4.78, 5) is 26.5. The van der Waals surface area contributed by atoms with Crippen LogP contribution in [-0.2, 0) is 4.74 Å². The lowest BCUT2D eigenvalue weighted by Gasteiger charge is -2.36. The number of aryl methyl sites for hydroxylation is 1. The van der Waals surface area contributed by atoms with E-state index in [9.17, 15) is 9.59 Å². The molecule has 0 aliphatic carbocycles. The van der Waals surface area contributed by atoms with Gasteiger partial charge in [-0.15, -0.1) is 0 Å². The van der Waals surface area contributed by atoms with Crippen molar-refractivity contribution in [3.63, 3.8) is 0 Å². The van der Waals surface area contributed by atoms with Crippen molar-refractivity contribution in [3.8, 4) is 0 Å². The van der Waals surface area contributed by atoms with Crippen LogP contribution in [0.3, 0.4) is 0 Å². The summed E-state index contributed by atoms with van der Waals surface area (Å²) in [5.74, 6) is -0.0680. The number of hydrogen-bond acceptors (Lipinski definition) is 4. The fraction of sp³-hybridized carbons (Fsp3) is 0.368. The molecule has 1 aliphatic heterocycles. The van der Waals surface area contributed by atoms with E-state index in [0.717, 1.165) is 11.1 Å². The molecule has 2 aromatic rings. The first-order chi connectivity index (χ1) is 11.5. The number of carbonyl (C=O) groups excluding carboxylic acids is 2. The van der Waals surface area contributed by atoms with Crippen LogP contribution in [0.1, 0.15) is 51.8 Å². The molecule has 0 radical (unpaired) electrons. The quantitative estimate of drug-likeness (QED) is 0.795. The average Bonchev–Trinajstić information content (AvgIpc) is 3.08. The van der Waals surface area contributed by atoms with Crippen molar-refractivity contribution in [3.05, 3.63) is 57.3 Å². The van der Waals surface area contributed by atoms with Crippen molar-refractivity contribution in [2.24, 2.45) is 0 Å². The van der Waals surface area contributed by atoms with Gasteiger partial charge in [-0.3, -0.25) is 9.59 Å². The first kappa shape index (κ1) is 16.9. The van der Waals surface area contributed by atoms with Crippen molar-refractivity contribution >= 4 is 23.0 Å². The summed E-state index contributed by atoms with van der Waals surface area (Å²) in [6.07, 6.45) is -0.119. The van der Waals surface area contributed by atoms with E-state index < -0.39 is 0 Å². The smallest absolute Gasteiger partial charge is 0.254 e. The molecule has 1 saturated heterocycles. The minimum atomic E-state index is -0.0957. The number of amides is 1. The van der Waals surface area contributed by atoms with E-state index in [1.54, 1.807) is 23.5 Å². The molecule has 1 fully saturated rings. The lowest BCUT2D eigenvalue weighted by Crippen LogP contribution is -2.45. The van der Waals surface area contributed by atoms with Gasteiger partial charge in [0.2, 0.25) is 0 Å². The highest BCUT2D eigenvalue weighted by atomic mass is 32.1. The molecule has 24 heavy (non-hydrogen) atoms. The second-order valence-corrected chi connectivity index (χ2v) is 7.07. The molecule has 3 rings (SSSR count). The van der Waals surface area contributed by atoms with Gasteiger partial charge < -0.3 is 9.64 Å². The van der Waals surface area contributed by atoms with E-state index >= 15 is 0 Å². The van der Waals surface area contributed by atoms with Gasteiger partial charge in [-0.1, -0.05) is 6.07 Å². The number of benzene rings is 1. The summed E-state index contributed by atoms with van der Waals surface area (Å²) >= 11 is 1.63. The molecule has 1 aliphatic rings. The fourth-order valence-corrected chi connectivity index (χ4v) is 3.78. The predicted octanol–water partition coefficient (Wildman–Crippen LogP) is 3.86. The summed E-state index contributed by atoms with van der Waals surface area (Å²) in [5.41, 5.74) is 3.17. The van der Waals surface area contributed by atoms with Crippen LogP contribution < -0.4 is 0 Å². The maximum Gasteiger partial charge on any atom is 0.254 e. The molecule has 2 unspecified atom stereocenters. The van der Waals surface area contributed by atoms with Gasteiger partial charge in [0.1, 0.15) is 6.10 Å². The van der Waals surface area contributed by atoms with E-state index in [4.69, 9.17) is 4.74 Å². The van der Waals surface area contributed by atoms with Crippen LogP contribution >= 0.6 is 11.3 Å². The Morgan fingerprint density at radius 2 is 2.04 bits per heavy atom. The zero-order chi connectivity index (χ0) is 17.3. The van der Waals surface area contributed by atoms with Crippen molar-refractivity contribution in [2.45, 2.75) is 33.0 Å². The van der Waals surface area contributed by atoms with E-state index in [0.29, 0.717) is 24.2 Å². The second kappa shape index (κ2) is 6.87. The van der Waals surface area contributed by atoms with Gasteiger partial charge in [0, 0.05) is 17.7 Å². The number of hydrogen-bond donors (Lipinski definition) is 0. The molecule has 0 spiro atoms. The molecule has 126 valence electrons. The highest BCUT2D eigenvalue weighted by molar-refractivity contribution is 7.07. The van der Waals surface area contributed by atoms with Crippen molar-refractivity contribution < 1.29 is 14.3 Å². The Morgan fingerprint density at radius 1 is 1.25 bits per heavy atom.